The molecule has 1 aromatic carbocycles. The number of amides is 2. The molecule has 0 radical (unpaired) electrons. The quantitative estimate of drug-likeness (QED) is 0.603. The average Bonchev–Trinajstić information content (AvgIpc) is 2.52. The summed E-state index contributed by atoms with van der Waals surface area (Å²) >= 11 is 0. The van der Waals surface area contributed by atoms with Crippen LogP contribution in [0.3, 0.4) is 0 Å². The van der Waals surface area contributed by atoms with Crippen molar-refractivity contribution in [1.29, 1.82) is 0 Å². The van der Waals surface area contributed by atoms with E-state index >= 15 is 0 Å². The molecule has 0 spiro atoms. The van der Waals surface area contributed by atoms with Crippen LogP contribution >= 0.6 is 0 Å². The lowest BCUT2D eigenvalue weighted by atomic mass is 9.94. The third-order valence-electron chi connectivity index (χ3n) is 3.31. The van der Waals surface area contributed by atoms with Crippen molar-refractivity contribution in [3.05, 3.63) is 41.1 Å². The largest absolute Gasteiger partial charge is 0.573 e. The van der Waals surface area contributed by atoms with E-state index in [-0.39, 0.29) is 6.61 Å². The Kier molecular flexibility index (Phi) is 5.56. The second kappa shape index (κ2) is 7.37. The minimum atomic E-state index is -5.17. The number of nitrogens with one attached hydrogen (secondary N) is 2. The number of carbonyl (C=O) groups is 2. The Morgan fingerprint density at radius 1 is 1.15 bits per heavy atom. The molecule has 0 fully saturated rings. The number of urea groups is 1. The number of benzene rings is 1. The SMILES string of the molecule is CCOC(=O)C1=C(C(F)(F)F)NC(=O)NC1c1ccccc1OC(F)(F)F. The van der Waals surface area contributed by atoms with E-state index in [1.165, 1.54) is 18.3 Å². The van der Waals surface area contributed by atoms with Crippen molar-refractivity contribution in [3.8, 4) is 5.75 Å². The maximum absolute atomic E-state index is 13.3. The molecule has 1 aliphatic heterocycles. The molecule has 1 aliphatic rings. The van der Waals surface area contributed by atoms with Gasteiger partial charge in [-0.25, -0.2) is 9.59 Å². The number of hydrogen-bond acceptors (Lipinski definition) is 4. The van der Waals surface area contributed by atoms with E-state index in [4.69, 9.17) is 0 Å². The zero-order valence-electron chi connectivity index (χ0n) is 13.5. The van der Waals surface area contributed by atoms with Crippen molar-refractivity contribution in [2.45, 2.75) is 25.5 Å². The molecular weight excluding hydrogens is 386 g/mol. The van der Waals surface area contributed by atoms with Gasteiger partial charge in [-0.15, -0.1) is 13.2 Å². The number of carbonyl (C=O) groups excluding carboxylic acids is 2. The average molecular weight is 398 g/mol. The highest BCUT2D eigenvalue weighted by atomic mass is 19.4. The minimum Gasteiger partial charge on any atom is -0.463 e. The van der Waals surface area contributed by atoms with Crippen molar-refractivity contribution in [1.82, 2.24) is 10.6 Å². The third kappa shape index (κ3) is 4.83. The van der Waals surface area contributed by atoms with Crippen LogP contribution in [0.5, 0.6) is 5.75 Å². The molecule has 0 bridgehead atoms. The van der Waals surface area contributed by atoms with Crippen LogP contribution < -0.4 is 15.4 Å². The first-order chi connectivity index (χ1) is 12.4. The van der Waals surface area contributed by atoms with Crippen LogP contribution in [0.15, 0.2) is 35.5 Å². The summed E-state index contributed by atoms with van der Waals surface area (Å²) in [6.07, 6.45) is -10.3. The van der Waals surface area contributed by atoms with Crippen molar-refractivity contribution >= 4 is 12.0 Å². The monoisotopic (exact) mass is 398 g/mol. The van der Waals surface area contributed by atoms with Crippen molar-refractivity contribution in [2.75, 3.05) is 6.61 Å². The summed E-state index contributed by atoms with van der Waals surface area (Å²) in [6.45, 7) is 1.03. The van der Waals surface area contributed by atoms with Gasteiger partial charge in [0.15, 0.2) is 0 Å². The summed E-state index contributed by atoms with van der Waals surface area (Å²) in [4.78, 5) is 23.8. The van der Waals surface area contributed by atoms with Gasteiger partial charge in [-0.3, -0.25) is 0 Å². The first-order valence-corrected chi connectivity index (χ1v) is 7.34. The van der Waals surface area contributed by atoms with E-state index in [2.05, 4.69) is 9.47 Å². The number of hydrogen-bond donors (Lipinski definition) is 2. The predicted molar refractivity (Wildman–Crippen MR) is 77.2 cm³/mol. The number of rotatable bonds is 4. The van der Waals surface area contributed by atoms with Gasteiger partial charge in [-0.2, -0.15) is 13.2 Å². The molecule has 1 aromatic rings. The molecular formula is C15H12F6N2O4. The summed E-state index contributed by atoms with van der Waals surface area (Å²) in [7, 11) is 0. The molecule has 0 saturated heterocycles. The first-order valence-electron chi connectivity index (χ1n) is 7.34. The summed E-state index contributed by atoms with van der Waals surface area (Å²) in [5.74, 6) is -2.33. The molecule has 0 saturated carbocycles. The Morgan fingerprint density at radius 3 is 2.33 bits per heavy atom. The van der Waals surface area contributed by atoms with E-state index in [0.717, 1.165) is 18.2 Å². The molecule has 12 heteroatoms. The maximum atomic E-state index is 13.3. The standard InChI is InChI=1S/C15H12F6N2O4/c1-2-26-12(24)9-10(22-13(25)23-11(9)14(16,17)18)7-5-3-4-6-8(7)27-15(19,20)21/h3-6,10H,2H2,1H3,(H2,22,23,25). The molecule has 1 unspecified atom stereocenters. The lowest BCUT2D eigenvalue weighted by molar-refractivity contribution is -0.275. The first kappa shape index (κ1) is 20.4. The lowest BCUT2D eigenvalue weighted by Crippen LogP contribution is -2.49. The predicted octanol–water partition coefficient (Wildman–Crippen LogP) is 3.32. The van der Waals surface area contributed by atoms with Crippen LogP contribution in [0.4, 0.5) is 31.1 Å². The highest BCUT2D eigenvalue weighted by Crippen LogP contribution is 2.39. The summed E-state index contributed by atoms with van der Waals surface area (Å²) in [6, 6.07) is 0.946. The van der Waals surface area contributed by atoms with Crippen LogP contribution in [0.2, 0.25) is 0 Å². The number of para-hydroxylation sites is 1. The fourth-order valence-corrected chi connectivity index (χ4v) is 2.39. The van der Waals surface area contributed by atoms with Gasteiger partial charge in [0.1, 0.15) is 11.4 Å². The molecule has 1 atom stereocenters. The van der Waals surface area contributed by atoms with Crippen molar-refractivity contribution < 1.29 is 45.4 Å². The molecule has 148 valence electrons. The Morgan fingerprint density at radius 2 is 1.78 bits per heavy atom. The molecule has 0 aliphatic carbocycles. The van der Waals surface area contributed by atoms with Gasteiger partial charge in [0.2, 0.25) is 0 Å². The van der Waals surface area contributed by atoms with Gasteiger partial charge in [-0.05, 0) is 13.0 Å². The van der Waals surface area contributed by atoms with Gasteiger partial charge in [0.05, 0.1) is 18.2 Å². The minimum absolute atomic E-state index is 0.297. The summed E-state index contributed by atoms with van der Waals surface area (Å²) in [5.41, 5.74) is -3.33. The molecule has 2 amide bonds. The highest BCUT2D eigenvalue weighted by molar-refractivity contribution is 5.95. The van der Waals surface area contributed by atoms with E-state index in [1.54, 1.807) is 0 Å². The number of allylic oxidation sites excluding steroid dienone is 1. The molecule has 0 aromatic heterocycles. The second-order valence-corrected chi connectivity index (χ2v) is 5.12. The van der Waals surface area contributed by atoms with Crippen LogP contribution in [-0.4, -0.2) is 31.1 Å². The van der Waals surface area contributed by atoms with E-state index in [1.807, 2.05) is 5.32 Å². The normalized spacial score (nSPS) is 17.9. The van der Waals surface area contributed by atoms with Gasteiger partial charge in [0.25, 0.3) is 0 Å². The van der Waals surface area contributed by atoms with Gasteiger partial charge in [-0.1, -0.05) is 18.2 Å². The Balaban J connectivity index is 2.66. The van der Waals surface area contributed by atoms with Gasteiger partial charge in [0, 0.05) is 5.56 Å². The van der Waals surface area contributed by atoms with Gasteiger partial charge >= 0.3 is 24.5 Å². The van der Waals surface area contributed by atoms with E-state index in [9.17, 15) is 35.9 Å². The molecule has 6 nitrogen and oxygen atoms in total. The van der Waals surface area contributed by atoms with Gasteiger partial charge < -0.3 is 20.1 Å². The number of halogens is 6. The molecule has 2 rings (SSSR count). The number of esters is 1. The molecule has 27 heavy (non-hydrogen) atoms. The lowest BCUT2D eigenvalue weighted by Gasteiger charge is -2.30. The fourth-order valence-electron chi connectivity index (χ4n) is 2.39. The van der Waals surface area contributed by atoms with Crippen LogP contribution in [0.1, 0.15) is 18.5 Å². The zero-order chi connectivity index (χ0) is 20.4. The van der Waals surface area contributed by atoms with Crippen LogP contribution in [-0.2, 0) is 9.53 Å². The number of ether oxygens (including phenoxy) is 2. The third-order valence-corrected chi connectivity index (χ3v) is 3.31. The summed E-state index contributed by atoms with van der Waals surface area (Å²) < 4.78 is 86.1. The smallest absolute Gasteiger partial charge is 0.463 e. The van der Waals surface area contributed by atoms with Crippen LogP contribution in [0.25, 0.3) is 0 Å². The Bertz CT molecular complexity index is 772. The number of alkyl halides is 6. The topological polar surface area (TPSA) is 76.7 Å². The summed E-state index contributed by atoms with van der Waals surface area (Å²) in [5, 5.41) is 3.45. The fraction of sp³-hybridized carbons (Fsp3) is 0.333. The highest BCUT2D eigenvalue weighted by Gasteiger charge is 2.46. The van der Waals surface area contributed by atoms with E-state index in [0.29, 0.717) is 0 Å². The second-order valence-electron chi connectivity index (χ2n) is 5.12. The maximum Gasteiger partial charge on any atom is 0.573 e. The zero-order valence-corrected chi connectivity index (χ0v) is 13.5. The van der Waals surface area contributed by atoms with Crippen molar-refractivity contribution in [3.63, 3.8) is 0 Å². The molecule has 2 N–H and O–H groups in total. The molecule has 1 heterocycles. The van der Waals surface area contributed by atoms with E-state index < -0.39 is 53.2 Å². The Hall–Kier alpha value is -2.92. The van der Waals surface area contributed by atoms with Crippen LogP contribution in [0, 0.1) is 0 Å². The van der Waals surface area contributed by atoms with Crippen molar-refractivity contribution in [2.24, 2.45) is 0 Å². The Labute approximate surface area is 148 Å².